The zero-order valence-corrected chi connectivity index (χ0v) is 10.7. The molecule has 0 aliphatic rings. The van der Waals surface area contributed by atoms with E-state index in [-0.39, 0.29) is 6.10 Å². The Bertz CT molecular complexity index is 464. The van der Waals surface area contributed by atoms with Crippen molar-refractivity contribution in [3.8, 4) is 5.75 Å². The molecular weight excluding hydrogens is 222 g/mol. The van der Waals surface area contributed by atoms with Crippen LogP contribution in [0.4, 0.5) is 5.69 Å². The minimum Gasteiger partial charge on any atom is -0.486 e. The molecule has 0 aromatic heterocycles. The van der Waals surface area contributed by atoms with Gasteiger partial charge in [0.05, 0.1) is 0 Å². The third-order valence-electron chi connectivity index (χ3n) is 2.88. The fourth-order valence-corrected chi connectivity index (χ4v) is 1.93. The summed E-state index contributed by atoms with van der Waals surface area (Å²) in [5.74, 6) is 0.910. The van der Waals surface area contributed by atoms with E-state index in [0.29, 0.717) is 0 Å². The topological polar surface area (TPSA) is 35.2 Å². The third kappa shape index (κ3) is 3.27. The average Bonchev–Trinajstić information content (AvgIpc) is 2.40. The zero-order chi connectivity index (χ0) is 12.8. The first-order valence-corrected chi connectivity index (χ1v) is 6.36. The smallest absolute Gasteiger partial charge is 0.124 e. The van der Waals surface area contributed by atoms with Crippen LogP contribution in [0.3, 0.4) is 0 Å². The maximum absolute atomic E-state index is 6.04. The van der Waals surface area contributed by atoms with Gasteiger partial charge < -0.3 is 10.5 Å². The lowest BCUT2D eigenvalue weighted by molar-refractivity contribution is 0.194. The number of ether oxygens (including phenoxy) is 1. The molecular formula is C16H19NO. The Morgan fingerprint density at radius 1 is 1.00 bits per heavy atom. The van der Waals surface area contributed by atoms with Gasteiger partial charge in [-0.05, 0) is 36.2 Å². The van der Waals surface area contributed by atoms with Gasteiger partial charge in [0.25, 0.3) is 0 Å². The number of anilines is 1. The first-order valence-electron chi connectivity index (χ1n) is 6.36. The quantitative estimate of drug-likeness (QED) is 0.797. The monoisotopic (exact) mass is 241 g/mol. The standard InChI is InChI=1S/C16H19NO/c1-2-6-16(13-9-11-14(17)12-10-13)18-15-7-4-3-5-8-15/h3-5,7-12,16H,2,6,17H2,1H3. The van der Waals surface area contributed by atoms with Crippen LogP contribution in [0.5, 0.6) is 5.75 Å². The van der Waals surface area contributed by atoms with E-state index in [9.17, 15) is 0 Å². The van der Waals surface area contributed by atoms with Gasteiger partial charge in [-0.3, -0.25) is 0 Å². The molecule has 2 N–H and O–H groups in total. The molecule has 2 rings (SSSR count). The SMILES string of the molecule is CCCC(Oc1ccccc1)c1ccc(N)cc1. The molecule has 1 unspecified atom stereocenters. The fourth-order valence-electron chi connectivity index (χ4n) is 1.93. The first kappa shape index (κ1) is 12.5. The number of nitrogen functional groups attached to an aromatic ring is 1. The summed E-state index contributed by atoms with van der Waals surface area (Å²) >= 11 is 0. The van der Waals surface area contributed by atoms with Crippen LogP contribution in [-0.4, -0.2) is 0 Å². The van der Waals surface area contributed by atoms with Gasteiger partial charge in [-0.25, -0.2) is 0 Å². The van der Waals surface area contributed by atoms with Crippen molar-refractivity contribution >= 4 is 5.69 Å². The Balaban J connectivity index is 2.15. The molecule has 2 nitrogen and oxygen atoms in total. The first-order chi connectivity index (χ1) is 8.79. The average molecular weight is 241 g/mol. The second-order valence-electron chi connectivity index (χ2n) is 4.37. The zero-order valence-electron chi connectivity index (χ0n) is 10.7. The van der Waals surface area contributed by atoms with Crippen LogP contribution in [0.1, 0.15) is 31.4 Å². The summed E-state index contributed by atoms with van der Waals surface area (Å²) in [6, 6.07) is 17.9. The van der Waals surface area contributed by atoms with Crippen molar-refractivity contribution in [2.24, 2.45) is 0 Å². The van der Waals surface area contributed by atoms with E-state index in [1.807, 2.05) is 54.6 Å². The normalized spacial score (nSPS) is 12.1. The summed E-state index contributed by atoms with van der Waals surface area (Å²) in [7, 11) is 0. The maximum atomic E-state index is 6.04. The Morgan fingerprint density at radius 3 is 2.28 bits per heavy atom. The lowest BCUT2D eigenvalue weighted by Gasteiger charge is -2.19. The minimum atomic E-state index is 0.0954. The van der Waals surface area contributed by atoms with Gasteiger partial charge in [0, 0.05) is 5.69 Å². The number of hydrogen-bond acceptors (Lipinski definition) is 2. The molecule has 0 amide bonds. The van der Waals surface area contributed by atoms with Crippen LogP contribution >= 0.6 is 0 Å². The number of benzene rings is 2. The number of para-hydroxylation sites is 1. The molecule has 1 atom stereocenters. The van der Waals surface area contributed by atoms with Crippen molar-refractivity contribution in [2.75, 3.05) is 5.73 Å². The van der Waals surface area contributed by atoms with Crippen LogP contribution in [-0.2, 0) is 0 Å². The number of rotatable bonds is 5. The van der Waals surface area contributed by atoms with Crippen LogP contribution < -0.4 is 10.5 Å². The molecule has 2 heteroatoms. The van der Waals surface area contributed by atoms with Crippen LogP contribution in [0.2, 0.25) is 0 Å². The number of hydrogen-bond donors (Lipinski definition) is 1. The largest absolute Gasteiger partial charge is 0.486 e. The minimum absolute atomic E-state index is 0.0954. The van der Waals surface area contributed by atoms with Crippen LogP contribution in [0.25, 0.3) is 0 Å². The van der Waals surface area contributed by atoms with Gasteiger partial charge in [-0.1, -0.05) is 43.7 Å². The van der Waals surface area contributed by atoms with Crippen LogP contribution in [0.15, 0.2) is 54.6 Å². The summed E-state index contributed by atoms with van der Waals surface area (Å²) in [5.41, 5.74) is 7.67. The van der Waals surface area contributed by atoms with Crippen molar-refractivity contribution in [3.63, 3.8) is 0 Å². The summed E-state index contributed by atoms with van der Waals surface area (Å²) in [5, 5.41) is 0. The molecule has 0 radical (unpaired) electrons. The summed E-state index contributed by atoms with van der Waals surface area (Å²) < 4.78 is 6.04. The Hall–Kier alpha value is -1.96. The lowest BCUT2D eigenvalue weighted by atomic mass is 10.0. The van der Waals surface area contributed by atoms with Gasteiger partial charge in [0.1, 0.15) is 11.9 Å². The fraction of sp³-hybridized carbons (Fsp3) is 0.250. The van der Waals surface area contributed by atoms with Crippen molar-refractivity contribution in [1.82, 2.24) is 0 Å². The third-order valence-corrected chi connectivity index (χ3v) is 2.88. The molecule has 0 fully saturated rings. The van der Waals surface area contributed by atoms with E-state index >= 15 is 0 Å². The molecule has 94 valence electrons. The maximum Gasteiger partial charge on any atom is 0.124 e. The second kappa shape index (κ2) is 6.10. The van der Waals surface area contributed by atoms with E-state index in [4.69, 9.17) is 10.5 Å². The Labute approximate surface area is 108 Å². The van der Waals surface area contributed by atoms with Crippen molar-refractivity contribution < 1.29 is 4.74 Å². The second-order valence-corrected chi connectivity index (χ2v) is 4.37. The van der Waals surface area contributed by atoms with E-state index in [2.05, 4.69) is 6.92 Å². The molecule has 18 heavy (non-hydrogen) atoms. The predicted molar refractivity (Wildman–Crippen MR) is 75.6 cm³/mol. The van der Waals surface area contributed by atoms with Crippen molar-refractivity contribution in [3.05, 3.63) is 60.2 Å². The molecule has 0 saturated carbocycles. The molecule has 2 aromatic rings. The summed E-state index contributed by atoms with van der Waals surface area (Å²) in [6.45, 7) is 2.17. The highest BCUT2D eigenvalue weighted by atomic mass is 16.5. The molecule has 0 heterocycles. The molecule has 2 aromatic carbocycles. The highest BCUT2D eigenvalue weighted by Crippen LogP contribution is 2.26. The number of nitrogens with two attached hydrogens (primary N) is 1. The van der Waals surface area contributed by atoms with Gasteiger partial charge in [-0.15, -0.1) is 0 Å². The molecule has 0 aliphatic carbocycles. The van der Waals surface area contributed by atoms with E-state index in [1.54, 1.807) is 0 Å². The van der Waals surface area contributed by atoms with Gasteiger partial charge >= 0.3 is 0 Å². The van der Waals surface area contributed by atoms with E-state index in [0.717, 1.165) is 24.3 Å². The highest BCUT2D eigenvalue weighted by molar-refractivity contribution is 5.40. The Kier molecular flexibility index (Phi) is 4.24. The Morgan fingerprint density at radius 2 is 1.67 bits per heavy atom. The summed E-state index contributed by atoms with van der Waals surface area (Å²) in [4.78, 5) is 0. The molecule has 0 bridgehead atoms. The molecule has 0 spiro atoms. The molecule has 0 saturated heterocycles. The van der Waals surface area contributed by atoms with Gasteiger partial charge in [-0.2, -0.15) is 0 Å². The van der Waals surface area contributed by atoms with Crippen LogP contribution in [0, 0.1) is 0 Å². The van der Waals surface area contributed by atoms with Crippen molar-refractivity contribution in [2.45, 2.75) is 25.9 Å². The lowest BCUT2D eigenvalue weighted by Crippen LogP contribution is -2.07. The van der Waals surface area contributed by atoms with E-state index < -0.39 is 0 Å². The predicted octanol–water partition coefficient (Wildman–Crippen LogP) is 4.19. The highest BCUT2D eigenvalue weighted by Gasteiger charge is 2.12. The van der Waals surface area contributed by atoms with Gasteiger partial charge in [0.2, 0.25) is 0 Å². The molecule has 0 aliphatic heterocycles. The van der Waals surface area contributed by atoms with Crippen molar-refractivity contribution in [1.29, 1.82) is 0 Å². The summed E-state index contributed by atoms with van der Waals surface area (Å²) in [6.07, 6.45) is 2.18. The van der Waals surface area contributed by atoms with E-state index in [1.165, 1.54) is 5.56 Å². The van der Waals surface area contributed by atoms with Gasteiger partial charge in [0.15, 0.2) is 0 Å².